The summed E-state index contributed by atoms with van der Waals surface area (Å²) in [4.78, 5) is 61.4. The van der Waals surface area contributed by atoms with Crippen LogP contribution in [0.3, 0.4) is 0 Å². The van der Waals surface area contributed by atoms with Gasteiger partial charge in [0, 0.05) is 35.8 Å². The Kier molecular flexibility index (Phi) is 6.74. The van der Waals surface area contributed by atoms with Crippen LogP contribution in [0.1, 0.15) is 45.5 Å². The highest BCUT2D eigenvalue weighted by Crippen LogP contribution is 2.28. The van der Waals surface area contributed by atoms with Gasteiger partial charge < -0.3 is 20.6 Å². The Morgan fingerprint density at radius 1 is 1.20 bits per heavy atom. The SMILES string of the molecule is Cc1c(Cl)cc(NC(=O)NCc2ccc3c(c2)C(=O)N(C2CCC(=O)NC2=O)C3)cc1CC(=O)O. The maximum atomic E-state index is 12.9. The van der Waals surface area contributed by atoms with E-state index >= 15 is 0 Å². The maximum Gasteiger partial charge on any atom is 0.319 e. The van der Waals surface area contributed by atoms with Crippen LogP contribution in [0.15, 0.2) is 30.3 Å². The largest absolute Gasteiger partial charge is 0.481 e. The van der Waals surface area contributed by atoms with Crippen LogP contribution >= 0.6 is 11.6 Å². The number of anilines is 1. The lowest BCUT2D eigenvalue weighted by molar-refractivity contribution is -0.137. The number of carboxylic acids is 1. The minimum Gasteiger partial charge on any atom is -0.481 e. The van der Waals surface area contributed by atoms with Crippen LogP contribution in [0.25, 0.3) is 0 Å². The van der Waals surface area contributed by atoms with Crippen LogP contribution in [0.2, 0.25) is 5.02 Å². The molecule has 0 aliphatic carbocycles. The molecular weight excluding hydrogens is 476 g/mol. The quantitative estimate of drug-likeness (QED) is 0.450. The van der Waals surface area contributed by atoms with Crippen LogP contribution < -0.4 is 16.0 Å². The molecule has 0 spiro atoms. The maximum absolute atomic E-state index is 12.9. The molecule has 2 aromatic carbocycles. The first-order valence-corrected chi connectivity index (χ1v) is 11.3. The van der Waals surface area contributed by atoms with Crippen LogP contribution in [0, 0.1) is 6.92 Å². The molecule has 4 rings (SSSR count). The fourth-order valence-electron chi connectivity index (χ4n) is 4.22. The predicted octanol–water partition coefficient (Wildman–Crippen LogP) is 2.36. The molecule has 5 amide bonds. The second kappa shape index (κ2) is 9.75. The monoisotopic (exact) mass is 498 g/mol. The number of amides is 5. The molecule has 35 heavy (non-hydrogen) atoms. The highest BCUT2D eigenvalue weighted by Gasteiger charge is 2.39. The number of carboxylic acid groups (broad SMARTS) is 1. The average Bonchev–Trinajstić information content (AvgIpc) is 3.11. The summed E-state index contributed by atoms with van der Waals surface area (Å²) in [6, 6.07) is 7.14. The molecule has 1 atom stereocenters. The Balaban J connectivity index is 1.39. The summed E-state index contributed by atoms with van der Waals surface area (Å²) in [5.74, 6) is -2.11. The van der Waals surface area contributed by atoms with Gasteiger partial charge in [0.25, 0.3) is 5.91 Å². The molecule has 1 unspecified atom stereocenters. The number of rotatable bonds is 6. The first-order valence-electron chi connectivity index (χ1n) is 10.9. The lowest BCUT2D eigenvalue weighted by atomic mass is 10.0. The van der Waals surface area contributed by atoms with Crippen LogP contribution in [0.5, 0.6) is 0 Å². The fraction of sp³-hybridized carbons (Fsp3) is 0.292. The molecule has 182 valence electrons. The molecule has 2 aliphatic rings. The molecule has 1 saturated heterocycles. The zero-order valence-corrected chi connectivity index (χ0v) is 19.6. The van der Waals surface area contributed by atoms with Gasteiger partial charge in [0.2, 0.25) is 11.8 Å². The molecule has 11 heteroatoms. The van der Waals surface area contributed by atoms with Gasteiger partial charge in [-0.05, 0) is 53.8 Å². The minimum absolute atomic E-state index is 0.131. The van der Waals surface area contributed by atoms with E-state index in [-0.39, 0.29) is 44.2 Å². The number of fused-ring (bicyclic) bond motifs is 1. The molecule has 0 radical (unpaired) electrons. The summed E-state index contributed by atoms with van der Waals surface area (Å²) in [7, 11) is 0. The molecule has 0 aromatic heterocycles. The third kappa shape index (κ3) is 5.27. The van der Waals surface area contributed by atoms with Crippen molar-refractivity contribution in [2.24, 2.45) is 0 Å². The number of imide groups is 1. The second-order valence-electron chi connectivity index (χ2n) is 8.51. The predicted molar refractivity (Wildman–Crippen MR) is 126 cm³/mol. The van der Waals surface area contributed by atoms with Crippen LogP contribution in [0.4, 0.5) is 10.5 Å². The van der Waals surface area contributed by atoms with Crippen molar-refractivity contribution in [3.63, 3.8) is 0 Å². The number of benzene rings is 2. The van der Waals surface area contributed by atoms with E-state index in [0.717, 1.165) is 5.56 Å². The molecule has 4 N–H and O–H groups in total. The van der Waals surface area contributed by atoms with Crippen molar-refractivity contribution in [1.82, 2.24) is 15.5 Å². The number of nitrogens with one attached hydrogen (secondary N) is 3. The molecule has 2 aromatic rings. The van der Waals surface area contributed by atoms with E-state index in [9.17, 15) is 24.0 Å². The Morgan fingerprint density at radius 2 is 1.97 bits per heavy atom. The molecule has 0 saturated carbocycles. The Bertz CT molecular complexity index is 1260. The van der Waals surface area contributed by atoms with Gasteiger partial charge in [-0.15, -0.1) is 0 Å². The number of hydrogen-bond acceptors (Lipinski definition) is 5. The van der Waals surface area contributed by atoms with Gasteiger partial charge in [0.1, 0.15) is 6.04 Å². The van der Waals surface area contributed by atoms with Crippen LogP contribution in [-0.2, 0) is 33.9 Å². The average molecular weight is 499 g/mol. The standard InChI is InChI=1S/C24H23ClN4O6/c1-12-15(8-21(31)32)7-16(9-18(12)25)27-24(35)26-10-13-2-3-14-11-29(23(34)17(14)6-13)19-4-5-20(30)28-22(19)33/h2-3,6-7,9,19H,4-5,8,10-11H2,1H3,(H,31,32)(H2,26,27,35)(H,28,30,33). The van der Waals surface area contributed by atoms with Crippen molar-refractivity contribution in [3.05, 3.63) is 63.2 Å². The minimum atomic E-state index is -1.01. The molecule has 1 fully saturated rings. The van der Waals surface area contributed by atoms with Gasteiger partial charge in [-0.3, -0.25) is 24.5 Å². The lowest BCUT2D eigenvalue weighted by Gasteiger charge is -2.29. The van der Waals surface area contributed by atoms with Gasteiger partial charge in [-0.25, -0.2) is 4.79 Å². The first kappa shape index (κ1) is 24.2. The number of urea groups is 1. The van der Waals surface area contributed by atoms with Crippen LogP contribution in [-0.4, -0.2) is 45.8 Å². The van der Waals surface area contributed by atoms with Crippen molar-refractivity contribution in [2.45, 2.75) is 45.3 Å². The number of carbonyl (C=O) groups excluding carboxylic acids is 4. The molecule has 0 bridgehead atoms. The summed E-state index contributed by atoms with van der Waals surface area (Å²) in [5.41, 5.74) is 3.41. The number of piperidine rings is 1. The van der Waals surface area contributed by atoms with Gasteiger partial charge in [0.05, 0.1) is 6.42 Å². The number of nitrogens with zero attached hydrogens (tertiary/aromatic N) is 1. The van der Waals surface area contributed by atoms with Crippen molar-refractivity contribution >= 4 is 47.0 Å². The van der Waals surface area contributed by atoms with E-state index in [1.807, 2.05) is 0 Å². The van der Waals surface area contributed by atoms with E-state index in [1.165, 1.54) is 4.90 Å². The molecule has 10 nitrogen and oxygen atoms in total. The third-order valence-electron chi connectivity index (χ3n) is 6.10. The van der Waals surface area contributed by atoms with E-state index in [0.29, 0.717) is 33.0 Å². The second-order valence-corrected chi connectivity index (χ2v) is 8.92. The van der Waals surface area contributed by atoms with E-state index < -0.39 is 23.9 Å². The zero-order valence-electron chi connectivity index (χ0n) is 18.8. The highest BCUT2D eigenvalue weighted by molar-refractivity contribution is 6.31. The van der Waals surface area contributed by atoms with Gasteiger partial charge in [-0.1, -0.05) is 23.7 Å². The number of carbonyl (C=O) groups is 5. The summed E-state index contributed by atoms with van der Waals surface area (Å²) in [5, 5.41) is 17.0. The van der Waals surface area contributed by atoms with Gasteiger partial charge in [-0.2, -0.15) is 0 Å². The Labute approximate surface area is 205 Å². The van der Waals surface area contributed by atoms with Gasteiger partial charge in [0.15, 0.2) is 0 Å². The summed E-state index contributed by atoms with van der Waals surface area (Å²) < 4.78 is 0. The topological polar surface area (TPSA) is 145 Å². The summed E-state index contributed by atoms with van der Waals surface area (Å²) in [6.45, 7) is 2.12. The lowest BCUT2D eigenvalue weighted by Crippen LogP contribution is -2.52. The fourth-order valence-corrected chi connectivity index (χ4v) is 4.46. The van der Waals surface area contributed by atoms with Crippen molar-refractivity contribution in [2.75, 3.05) is 5.32 Å². The molecule has 2 aliphatic heterocycles. The third-order valence-corrected chi connectivity index (χ3v) is 6.49. The number of aliphatic carboxylic acids is 1. The Hall–Kier alpha value is -3.92. The van der Waals surface area contributed by atoms with Crippen molar-refractivity contribution in [1.29, 1.82) is 0 Å². The summed E-state index contributed by atoms with van der Waals surface area (Å²) in [6.07, 6.45) is 0.253. The van der Waals surface area contributed by atoms with E-state index in [1.54, 1.807) is 37.3 Å². The van der Waals surface area contributed by atoms with Crippen molar-refractivity contribution in [3.8, 4) is 0 Å². The molecular formula is C24H23ClN4O6. The number of hydrogen-bond donors (Lipinski definition) is 4. The van der Waals surface area contributed by atoms with E-state index in [2.05, 4.69) is 16.0 Å². The smallest absolute Gasteiger partial charge is 0.319 e. The Morgan fingerprint density at radius 3 is 2.69 bits per heavy atom. The zero-order chi connectivity index (χ0) is 25.3. The van der Waals surface area contributed by atoms with Gasteiger partial charge >= 0.3 is 12.0 Å². The first-order chi connectivity index (χ1) is 16.6. The molecule has 2 heterocycles. The van der Waals surface area contributed by atoms with Crippen molar-refractivity contribution < 1.29 is 29.1 Å². The summed E-state index contributed by atoms with van der Waals surface area (Å²) >= 11 is 6.17. The highest BCUT2D eigenvalue weighted by atomic mass is 35.5. The normalized spacial score (nSPS) is 17.1. The number of halogens is 1. The van der Waals surface area contributed by atoms with E-state index in [4.69, 9.17) is 16.7 Å².